The van der Waals surface area contributed by atoms with Gasteiger partial charge in [-0.3, -0.25) is 9.59 Å². The van der Waals surface area contributed by atoms with Gasteiger partial charge in [0.15, 0.2) is 0 Å². The predicted octanol–water partition coefficient (Wildman–Crippen LogP) is 3.63. The molecule has 1 fully saturated rings. The zero-order valence-corrected chi connectivity index (χ0v) is 14.2. The highest BCUT2D eigenvalue weighted by Crippen LogP contribution is 2.21. The number of piperidine rings is 1. The molecule has 25 heavy (non-hydrogen) atoms. The molecule has 0 bridgehead atoms. The van der Waals surface area contributed by atoms with Crippen LogP contribution < -0.4 is 5.32 Å². The van der Waals surface area contributed by atoms with Gasteiger partial charge in [0.2, 0.25) is 5.91 Å². The van der Waals surface area contributed by atoms with Gasteiger partial charge in [0.05, 0.1) is 11.5 Å². The van der Waals surface area contributed by atoms with E-state index < -0.39 is 5.82 Å². The summed E-state index contributed by atoms with van der Waals surface area (Å²) in [6.45, 7) is 2.82. The first kappa shape index (κ1) is 17.1. The van der Waals surface area contributed by atoms with Gasteiger partial charge in [-0.15, -0.1) is 0 Å². The molecule has 1 aliphatic rings. The van der Waals surface area contributed by atoms with Crippen molar-refractivity contribution in [3.05, 3.63) is 65.5 Å². The summed E-state index contributed by atoms with van der Waals surface area (Å²) < 4.78 is 13.8. The quantitative estimate of drug-likeness (QED) is 0.928. The number of nitrogens with zero attached hydrogens (tertiary/aromatic N) is 1. The largest absolute Gasteiger partial charge is 0.338 e. The molecule has 0 radical (unpaired) electrons. The van der Waals surface area contributed by atoms with Gasteiger partial charge >= 0.3 is 0 Å². The summed E-state index contributed by atoms with van der Waals surface area (Å²) >= 11 is 0. The van der Waals surface area contributed by atoms with E-state index in [1.54, 1.807) is 17.0 Å². The Morgan fingerprint density at radius 1 is 1.16 bits per heavy atom. The molecule has 1 N–H and O–H groups in total. The number of anilines is 1. The lowest BCUT2D eigenvalue weighted by atomic mass is 9.96. The molecule has 1 saturated heterocycles. The zero-order valence-electron chi connectivity index (χ0n) is 14.2. The summed E-state index contributed by atoms with van der Waals surface area (Å²) in [6.07, 6.45) is 1.45. The van der Waals surface area contributed by atoms with Gasteiger partial charge in [0, 0.05) is 18.8 Å². The third-order valence-corrected chi connectivity index (χ3v) is 4.47. The Balaban J connectivity index is 1.67. The molecule has 0 unspecified atom stereocenters. The third-order valence-electron chi connectivity index (χ3n) is 4.47. The van der Waals surface area contributed by atoms with Crippen LogP contribution in [0.25, 0.3) is 0 Å². The van der Waals surface area contributed by atoms with E-state index in [0.29, 0.717) is 13.1 Å². The maximum absolute atomic E-state index is 13.8. The van der Waals surface area contributed by atoms with E-state index in [4.69, 9.17) is 0 Å². The fourth-order valence-corrected chi connectivity index (χ4v) is 3.15. The van der Waals surface area contributed by atoms with E-state index in [2.05, 4.69) is 5.32 Å². The molecule has 2 aromatic carbocycles. The molecule has 4 nitrogen and oxygen atoms in total. The van der Waals surface area contributed by atoms with Crippen molar-refractivity contribution in [1.29, 1.82) is 0 Å². The van der Waals surface area contributed by atoms with Crippen LogP contribution in [-0.4, -0.2) is 29.8 Å². The summed E-state index contributed by atoms with van der Waals surface area (Å²) in [7, 11) is 0. The van der Waals surface area contributed by atoms with Crippen LogP contribution >= 0.6 is 0 Å². The molecule has 0 spiro atoms. The zero-order chi connectivity index (χ0) is 17.8. The van der Waals surface area contributed by atoms with Crippen LogP contribution in [0.3, 0.4) is 0 Å². The summed E-state index contributed by atoms with van der Waals surface area (Å²) in [5.74, 6) is -1.27. The molecular weight excluding hydrogens is 319 g/mol. The highest BCUT2D eigenvalue weighted by molar-refractivity contribution is 5.96. The van der Waals surface area contributed by atoms with E-state index >= 15 is 0 Å². The minimum atomic E-state index is -0.529. The smallest absolute Gasteiger partial charge is 0.256 e. The Bertz CT molecular complexity index is 791. The molecule has 0 aromatic heterocycles. The Labute approximate surface area is 146 Å². The van der Waals surface area contributed by atoms with Crippen LogP contribution in [0.15, 0.2) is 48.5 Å². The van der Waals surface area contributed by atoms with E-state index in [0.717, 1.165) is 24.1 Å². The van der Waals surface area contributed by atoms with Crippen molar-refractivity contribution in [3.8, 4) is 0 Å². The second kappa shape index (κ2) is 7.47. The monoisotopic (exact) mass is 340 g/mol. The summed E-state index contributed by atoms with van der Waals surface area (Å²) in [6, 6.07) is 13.6. The maximum Gasteiger partial charge on any atom is 0.256 e. The van der Waals surface area contributed by atoms with Gasteiger partial charge in [-0.05, 0) is 49.6 Å². The van der Waals surface area contributed by atoms with Crippen molar-refractivity contribution in [3.63, 3.8) is 0 Å². The lowest BCUT2D eigenvalue weighted by molar-refractivity contribution is -0.121. The molecule has 1 aliphatic heterocycles. The Morgan fingerprint density at radius 2 is 1.96 bits per heavy atom. The molecule has 2 aromatic rings. The van der Waals surface area contributed by atoms with Crippen molar-refractivity contribution in [2.75, 3.05) is 18.4 Å². The van der Waals surface area contributed by atoms with Crippen LogP contribution in [0.1, 0.15) is 28.8 Å². The van der Waals surface area contributed by atoms with Gasteiger partial charge in [-0.2, -0.15) is 0 Å². The number of amides is 2. The number of halogens is 1. The average molecular weight is 340 g/mol. The number of nitrogens with one attached hydrogen (secondary N) is 1. The normalized spacial score (nSPS) is 17.2. The summed E-state index contributed by atoms with van der Waals surface area (Å²) in [4.78, 5) is 26.6. The Hall–Kier alpha value is -2.69. The standard InChI is InChI=1S/C20H21FN2O2/c1-14-6-4-8-16(12-14)22-19(24)15-7-5-11-23(13-15)20(25)17-9-2-3-10-18(17)21/h2-4,6,8-10,12,15H,5,7,11,13H2,1H3,(H,22,24)/t15-/m0/s1. The predicted molar refractivity (Wildman–Crippen MR) is 94.8 cm³/mol. The number of rotatable bonds is 3. The molecule has 1 atom stereocenters. The number of hydrogen-bond acceptors (Lipinski definition) is 2. The third kappa shape index (κ3) is 4.05. The van der Waals surface area contributed by atoms with Crippen molar-refractivity contribution in [1.82, 2.24) is 4.90 Å². The summed E-state index contributed by atoms with van der Waals surface area (Å²) in [5.41, 5.74) is 1.88. The van der Waals surface area contributed by atoms with Gasteiger partial charge in [-0.25, -0.2) is 4.39 Å². The molecular formula is C20H21FN2O2. The number of likely N-dealkylation sites (tertiary alicyclic amines) is 1. The highest BCUT2D eigenvalue weighted by atomic mass is 19.1. The number of benzene rings is 2. The van der Waals surface area contributed by atoms with Gasteiger partial charge in [0.25, 0.3) is 5.91 Å². The van der Waals surface area contributed by atoms with Crippen LogP contribution in [0, 0.1) is 18.7 Å². The SMILES string of the molecule is Cc1cccc(NC(=O)[C@H]2CCCN(C(=O)c3ccccc3F)C2)c1. The number of carbonyl (C=O) groups excluding carboxylic acids is 2. The molecule has 130 valence electrons. The molecule has 0 aliphatic carbocycles. The van der Waals surface area contributed by atoms with E-state index in [1.807, 2.05) is 31.2 Å². The number of carbonyl (C=O) groups is 2. The first-order valence-electron chi connectivity index (χ1n) is 8.46. The van der Waals surface area contributed by atoms with E-state index in [1.165, 1.54) is 12.1 Å². The maximum atomic E-state index is 13.8. The Kier molecular flexibility index (Phi) is 5.12. The summed E-state index contributed by atoms with van der Waals surface area (Å²) in [5, 5.41) is 2.91. The first-order valence-corrected chi connectivity index (χ1v) is 8.46. The van der Waals surface area contributed by atoms with Gasteiger partial charge < -0.3 is 10.2 Å². The molecule has 1 heterocycles. The van der Waals surface area contributed by atoms with E-state index in [9.17, 15) is 14.0 Å². The second-order valence-corrected chi connectivity index (χ2v) is 6.43. The first-order chi connectivity index (χ1) is 12.0. The molecule has 2 amide bonds. The highest BCUT2D eigenvalue weighted by Gasteiger charge is 2.29. The van der Waals surface area contributed by atoms with E-state index in [-0.39, 0.29) is 23.3 Å². The van der Waals surface area contributed by atoms with Crippen molar-refractivity contribution < 1.29 is 14.0 Å². The average Bonchev–Trinajstić information content (AvgIpc) is 2.62. The topological polar surface area (TPSA) is 49.4 Å². The lowest BCUT2D eigenvalue weighted by Gasteiger charge is -2.32. The Morgan fingerprint density at radius 3 is 2.72 bits per heavy atom. The number of aryl methyl sites for hydroxylation is 1. The van der Waals surface area contributed by atoms with Crippen LogP contribution in [-0.2, 0) is 4.79 Å². The van der Waals surface area contributed by atoms with Crippen molar-refractivity contribution in [2.45, 2.75) is 19.8 Å². The van der Waals surface area contributed by atoms with Crippen LogP contribution in [0.4, 0.5) is 10.1 Å². The van der Waals surface area contributed by atoms with Crippen LogP contribution in [0.2, 0.25) is 0 Å². The fourth-order valence-electron chi connectivity index (χ4n) is 3.15. The van der Waals surface area contributed by atoms with Crippen molar-refractivity contribution in [2.24, 2.45) is 5.92 Å². The van der Waals surface area contributed by atoms with Crippen molar-refractivity contribution >= 4 is 17.5 Å². The van der Waals surface area contributed by atoms with Crippen LogP contribution in [0.5, 0.6) is 0 Å². The molecule has 3 rings (SSSR count). The minimum absolute atomic E-state index is 0.0576. The molecule has 5 heteroatoms. The molecule has 0 saturated carbocycles. The number of hydrogen-bond donors (Lipinski definition) is 1. The fraction of sp³-hybridized carbons (Fsp3) is 0.300. The van der Waals surface area contributed by atoms with Gasteiger partial charge in [0.1, 0.15) is 5.82 Å². The minimum Gasteiger partial charge on any atom is -0.338 e. The lowest BCUT2D eigenvalue weighted by Crippen LogP contribution is -2.44. The second-order valence-electron chi connectivity index (χ2n) is 6.43. The van der Waals surface area contributed by atoms with Gasteiger partial charge in [-0.1, -0.05) is 24.3 Å².